The van der Waals surface area contributed by atoms with Gasteiger partial charge in [0.1, 0.15) is 5.75 Å². The molecule has 1 heterocycles. The maximum absolute atomic E-state index is 5.91. The SMILES string of the molecule is CCCCCCCCCCCCOc1ccc(-c2ncc(OCCCCOCCCCC)cn2)cc1. The quantitative estimate of drug-likeness (QED) is 0.143. The first-order chi connectivity index (χ1) is 17.8. The van der Waals surface area contributed by atoms with E-state index in [0.29, 0.717) is 18.2 Å². The third-order valence-corrected chi connectivity index (χ3v) is 6.35. The van der Waals surface area contributed by atoms with Gasteiger partial charge in [0.05, 0.1) is 25.6 Å². The van der Waals surface area contributed by atoms with Crippen molar-refractivity contribution in [1.29, 1.82) is 0 Å². The smallest absolute Gasteiger partial charge is 0.159 e. The molecule has 36 heavy (non-hydrogen) atoms. The van der Waals surface area contributed by atoms with Crippen molar-refractivity contribution >= 4 is 0 Å². The van der Waals surface area contributed by atoms with Crippen LogP contribution in [0.4, 0.5) is 0 Å². The Kier molecular flexibility index (Phi) is 17.5. The topological polar surface area (TPSA) is 53.5 Å². The molecule has 0 fully saturated rings. The molecule has 0 aliphatic heterocycles. The Morgan fingerprint density at radius 2 is 0.944 bits per heavy atom. The van der Waals surface area contributed by atoms with E-state index < -0.39 is 0 Å². The predicted octanol–water partition coefficient (Wildman–Crippen LogP) is 8.81. The van der Waals surface area contributed by atoms with E-state index in [9.17, 15) is 0 Å². The van der Waals surface area contributed by atoms with E-state index in [1.54, 1.807) is 12.4 Å². The average Bonchev–Trinajstić information content (AvgIpc) is 2.91. The van der Waals surface area contributed by atoms with E-state index in [1.165, 1.54) is 70.6 Å². The summed E-state index contributed by atoms with van der Waals surface area (Å²) in [7, 11) is 0. The van der Waals surface area contributed by atoms with Gasteiger partial charge in [-0.3, -0.25) is 0 Å². The second kappa shape index (κ2) is 21.0. The van der Waals surface area contributed by atoms with Crippen molar-refractivity contribution in [2.75, 3.05) is 26.4 Å². The molecule has 0 amide bonds. The molecular weight excluding hydrogens is 448 g/mol. The Balaban J connectivity index is 1.53. The summed E-state index contributed by atoms with van der Waals surface area (Å²) in [6, 6.07) is 8.04. The van der Waals surface area contributed by atoms with Crippen molar-refractivity contribution in [2.45, 2.75) is 110 Å². The molecule has 2 aromatic rings. The fraction of sp³-hybridized carbons (Fsp3) is 0.677. The molecule has 0 aliphatic carbocycles. The lowest BCUT2D eigenvalue weighted by Crippen LogP contribution is -2.02. The van der Waals surface area contributed by atoms with Gasteiger partial charge in [-0.15, -0.1) is 0 Å². The van der Waals surface area contributed by atoms with Crippen LogP contribution in [0.5, 0.6) is 11.5 Å². The highest BCUT2D eigenvalue weighted by Gasteiger charge is 2.04. The van der Waals surface area contributed by atoms with Crippen LogP contribution in [0.3, 0.4) is 0 Å². The zero-order valence-corrected chi connectivity index (χ0v) is 23.0. The van der Waals surface area contributed by atoms with Crippen LogP contribution in [0.2, 0.25) is 0 Å². The molecule has 5 nitrogen and oxygen atoms in total. The average molecular weight is 499 g/mol. The van der Waals surface area contributed by atoms with E-state index in [1.807, 2.05) is 24.3 Å². The zero-order valence-electron chi connectivity index (χ0n) is 23.0. The van der Waals surface area contributed by atoms with E-state index in [4.69, 9.17) is 14.2 Å². The fourth-order valence-electron chi connectivity index (χ4n) is 4.07. The summed E-state index contributed by atoms with van der Waals surface area (Å²) in [5.41, 5.74) is 0.980. The molecule has 0 atom stereocenters. The molecule has 2 rings (SSSR count). The minimum atomic E-state index is 0.659. The highest BCUT2D eigenvalue weighted by Crippen LogP contribution is 2.21. The van der Waals surface area contributed by atoms with Gasteiger partial charge in [-0.1, -0.05) is 84.5 Å². The molecule has 0 aliphatic rings. The molecule has 202 valence electrons. The van der Waals surface area contributed by atoms with Crippen LogP contribution in [0.25, 0.3) is 11.4 Å². The maximum Gasteiger partial charge on any atom is 0.159 e. The fourth-order valence-corrected chi connectivity index (χ4v) is 4.07. The second-order valence-corrected chi connectivity index (χ2v) is 9.67. The summed E-state index contributed by atoms with van der Waals surface area (Å²) in [5, 5.41) is 0. The van der Waals surface area contributed by atoms with Crippen molar-refractivity contribution in [3.05, 3.63) is 36.7 Å². The van der Waals surface area contributed by atoms with Gasteiger partial charge in [-0.25, -0.2) is 9.97 Å². The lowest BCUT2D eigenvalue weighted by molar-refractivity contribution is 0.122. The van der Waals surface area contributed by atoms with Crippen LogP contribution >= 0.6 is 0 Å². The summed E-state index contributed by atoms with van der Waals surface area (Å²) in [5.74, 6) is 2.31. The molecule has 5 heteroatoms. The highest BCUT2D eigenvalue weighted by molar-refractivity contribution is 5.56. The van der Waals surface area contributed by atoms with Crippen LogP contribution in [-0.2, 0) is 4.74 Å². The number of aromatic nitrogens is 2. The molecule has 0 N–H and O–H groups in total. The van der Waals surface area contributed by atoms with Crippen LogP contribution in [0, 0.1) is 0 Å². The third kappa shape index (κ3) is 14.4. The van der Waals surface area contributed by atoms with Gasteiger partial charge < -0.3 is 14.2 Å². The number of rotatable bonds is 23. The Hall–Kier alpha value is -2.14. The Morgan fingerprint density at radius 1 is 0.500 bits per heavy atom. The summed E-state index contributed by atoms with van der Waals surface area (Å²) in [6.07, 6.45) is 22.5. The lowest BCUT2D eigenvalue weighted by Gasteiger charge is -2.08. The number of benzene rings is 1. The maximum atomic E-state index is 5.91. The Bertz CT molecular complexity index is 749. The van der Waals surface area contributed by atoms with Crippen LogP contribution in [0.15, 0.2) is 36.7 Å². The number of hydrogen-bond donors (Lipinski definition) is 0. The normalized spacial score (nSPS) is 11.1. The third-order valence-electron chi connectivity index (χ3n) is 6.35. The van der Waals surface area contributed by atoms with Gasteiger partial charge in [-0.05, 0) is 49.9 Å². The standard InChI is InChI=1S/C31H50N2O3/c1-3-5-7-8-9-10-11-12-13-15-24-35-29-20-18-28(19-21-29)31-32-26-30(27-33-31)36-25-17-16-23-34-22-14-6-4-2/h18-21,26-27H,3-17,22-25H2,1-2H3. The zero-order chi connectivity index (χ0) is 25.5. The largest absolute Gasteiger partial charge is 0.494 e. The minimum absolute atomic E-state index is 0.659. The van der Waals surface area contributed by atoms with E-state index in [-0.39, 0.29) is 0 Å². The summed E-state index contributed by atoms with van der Waals surface area (Å²) >= 11 is 0. The van der Waals surface area contributed by atoms with Crippen LogP contribution in [0.1, 0.15) is 110 Å². The molecule has 0 bridgehead atoms. The van der Waals surface area contributed by atoms with Crippen molar-refractivity contribution in [2.24, 2.45) is 0 Å². The van der Waals surface area contributed by atoms with Gasteiger partial charge in [-0.2, -0.15) is 0 Å². The van der Waals surface area contributed by atoms with Gasteiger partial charge in [0.2, 0.25) is 0 Å². The summed E-state index contributed by atoms with van der Waals surface area (Å²) < 4.78 is 17.3. The van der Waals surface area contributed by atoms with E-state index in [0.717, 1.165) is 56.8 Å². The number of hydrogen-bond acceptors (Lipinski definition) is 5. The highest BCUT2D eigenvalue weighted by atomic mass is 16.5. The number of nitrogens with zero attached hydrogens (tertiary/aromatic N) is 2. The van der Waals surface area contributed by atoms with Crippen molar-refractivity contribution in [3.63, 3.8) is 0 Å². The molecule has 0 saturated carbocycles. The molecular formula is C31H50N2O3. The van der Waals surface area contributed by atoms with Crippen LogP contribution < -0.4 is 9.47 Å². The van der Waals surface area contributed by atoms with Crippen molar-refractivity contribution in [1.82, 2.24) is 9.97 Å². The molecule has 0 radical (unpaired) electrons. The van der Waals surface area contributed by atoms with Gasteiger partial charge in [0.15, 0.2) is 11.6 Å². The van der Waals surface area contributed by atoms with Gasteiger partial charge in [0, 0.05) is 18.8 Å². The minimum Gasteiger partial charge on any atom is -0.494 e. The van der Waals surface area contributed by atoms with Crippen molar-refractivity contribution < 1.29 is 14.2 Å². The number of ether oxygens (including phenoxy) is 3. The molecule has 1 aromatic carbocycles. The molecule has 1 aromatic heterocycles. The Morgan fingerprint density at radius 3 is 1.56 bits per heavy atom. The van der Waals surface area contributed by atoms with Gasteiger partial charge in [0.25, 0.3) is 0 Å². The predicted molar refractivity (Wildman–Crippen MR) is 150 cm³/mol. The second-order valence-electron chi connectivity index (χ2n) is 9.67. The lowest BCUT2D eigenvalue weighted by atomic mass is 10.1. The van der Waals surface area contributed by atoms with Gasteiger partial charge >= 0.3 is 0 Å². The summed E-state index contributed by atoms with van der Waals surface area (Å²) in [6.45, 7) is 7.60. The van der Waals surface area contributed by atoms with Crippen LogP contribution in [-0.4, -0.2) is 36.4 Å². The first-order valence-corrected chi connectivity index (χ1v) is 14.6. The molecule has 0 spiro atoms. The number of unbranched alkanes of at least 4 members (excludes halogenated alkanes) is 12. The summed E-state index contributed by atoms with van der Waals surface area (Å²) in [4.78, 5) is 8.93. The van der Waals surface area contributed by atoms with Crippen molar-refractivity contribution in [3.8, 4) is 22.9 Å². The first-order valence-electron chi connectivity index (χ1n) is 14.6. The van der Waals surface area contributed by atoms with E-state index in [2.05, 4.69) is 23.8 Å². The first kappa shape index (κ1) is 30.1. The molecule has 0 saturated heterocycles. The monoisotopic (exact) mass is 498 g/mol. The molecule has 0 unspecified atom stereocenters. The Labute approximate surface area is 220 Å². The van der Waals surface area contributed by atoms with E-state index >= 15 is 0 Å².